The first-order valence-electron chi connectivity index (χ1n) is 32.4. The van der Waals surface area contributed by atoms with E-state index in [9.17, 15) is 43.2 Å². The number of esters is 4. The number of carbonyl (C=O) groups is 4. The molecule has 3 unspecified atom stereocenters. The van der Waals surface area contributed by atoms with Crippen molar-refractivity contribution in [2.45, 2.75) is 317 Å². The highest BCUT2D eigenvalue weighted by Gasteiger charge is 2.30. The Hall–Kier alpha value is -1.94. The van der Waals surface area contributed by atoms with Crippen LogP contribution in [0.25, 0.3) is 0 Å². The second-order valence-corrected chi connectivity index (χ2v) is 26.5. The molecular formula is C62H120O17P2. The Morgan fingerprint density at radius 3 is 0.938 bits per heavy atom. The zero-order valence-electron chi connectivity index (χ0n) is 52.2. The minimum Gasteiger partial charge on any atom is -0.462 e. The standard InChI is InChI=1S/C62H120O17P2/c1-8-10-11-12-13-21-29-36-43-59(64)72-50-58(79-62(67)46-39-32-25-24-28-35-42-55(7)9-2)52-77-81(70,71)75-48-56(63)47-74-80(68,69)76-51-57(49-73-60(65)44-37-30-23-18-20-27-34-41-54(5)6)78-61(66)45-38-31-22-17-15-14-16-19-26-33-40-53(3)4/h53-58,63H,8-52H2,1-7H3,(H,68,69)(H,70,71)/t55?,56-,57-,58-/m1/s1. The first-order valence-corrected chi connectivity index (χ1v) is 35.4. The molecule has 0 aromatic rings. The van der Waals surface area contributed by atoms with E-state index in [1.807, 2.05) is 0 Å². The molecular weight excluding hydrogens is 1080 g/mol. The monoisotopic (exact) mass is 1200 g/mol. The van der Waals surface area contributed by atoms with Crippen molar-refractivity contribution in [1.82, 2.24) is 0 Å². The van der Waals surface area contributed by atoms with Crippen LogP contribution in [0.4, 0.5) is 0 Å². The Morgan fingerprint density at radius 2 is 0.630 bits per heavy atom. The smallest absolute Gasteiger partial charge is 0.462 e. The summed E-state index contributed by atoms with van der Waals surface area (Å²) in [5, 5.41) is 10.5. The average Bonchev–Trinajstić information content (AvgIpc) is 3.42. The maximum Gasteiger partial charge on any atom is 0.472 e. The van der Waals surface area contributed by atoms with Gasteiger partial charge in [0.2, 0.25) is 0 Å². The predicted molar refractivity (Wildman–Crippen MR) is 321 cm³/mol. The summed E-state index contributed by atoms with van der Waals surface area (Å²) in [4.78, 5) is 72.0. The third-order valence-corrected chi connectivity index (χ3v) is 16.4. The van der Waals surface area contributed by atoms with Gasteiger partial charge in [-0.15, -0.1) is 0 Å². The van der Waals surface area contributed by atoms with Crippen LogP contribution < -0.4 is 0 Å². The van der Waals surface area contributed by atoms with Gasteiger partial charge in [0.25, 0.3) is 0 Å². The van der Waals surface area contributed by atoms with Gasteiger partial charge in [0.1, 0.15) is 19.3 Å². The van der Waals surface area contributed by atoms with E-state index < -0.39 is 97.5 Å². The maximum atomic E-state index is 13.0. The van der Waals surface area contributed by atoms with Crippen LogP contribution in [0.3, 0.4) is 0 Å². The fourth-order valence-corrected chi connectivity index (χ4v) is 10.7. The number of phosphoric acid groups is 2. The quantitative estimate of drug-likeness (QED) is 0.0222. The third-order valence-electron chi connectivity index (χ3n) is 14.5. The van der Waals surface area contributed by atoms with Gasteiger partial charge in [0.15, 0.2) is 12.2 Å². The molecule has 0 aliphatic heterocycles. The molecule has 0 spiro atoms. The first-order chi connectivity index (χ1) is 38.8. The summed E-state index contributed by atoms with van der Waals surface area (Å²) in [6.45, 7) is 11.6. The van der Waals surface area contributed by atoms with Crippen LogP contribution in [0.2, 0.25) is 0 Å². The number of unbranched alkanes of at least 4 members (excludes halogenated alkanes) is 27. The van der Waals surface area contributed by atoms with E-state index in [0.717, 1.165) is 115 Å². The molecule has 0 aliphatic rings. The molecule has 0 saturated heterocycles. The Kier molecular flexibility index (Phi) is 52.2. The van der Waals surface area contributed by atoms with E-state index >= 15 is 0 Å². The van der Waals surface area contributed by atoms with Crippen LogP contribution in [0.1, 0.15) is 299 Å². The number of aliphatic hydroxyl groups is 1. The molecule has 0 bridgehead atoms. The second-order valence-electron chi connectivity index (χ2n) is 23.6. The van der Waals surface area contributed by atoms with Crippen molar-refractivity contribution in [1.29, 1.82) is 0 Å². The van der Waals surface area contributed by atoms with Crippen molar-refractivity contribution >= 4 is 39.5 Å². The summed E-state index contributed by atoms with van der Waals surface area (Å²) < 4.78 is 67.8. The number of carbonyl (C=O) groups excluding carboxylic acids is 4. The van der Waals surface area contributed by atoms with Crippen LogP contribution in [0.15, 0.2) is 0 Å². The molecule has 6 atom stereocenters. The summed E-state index contributed by atoms with van der Waals surface area (Å²) in [7, 11) is -9.88. The minimum atomic E-state index is -4.94. The van der Waals surface area contributed by atoms with Gasteiger partial charge in [-0.05, 0) is 43.4 Å². The molecule has 0 fully saturated rings. The highest BCUT2D eigenvalue weighted by atomic mass is 31.2. The fraction of sp³-hybridized carbons (Fsp3) is 0.935. The number of phosphoric ester groups is 2. The zero-order valence-corrected chi connectivity index (χ0v) is 54.0. The van der Waals surface area contributed by atoms with E-state index in [0.29, 0.717) is 31.6 Å². The third kappa shape index (κ3) is 55.7. The molecule has 0 saturated carbocycles. The lowest BCUT2D eigenvalue weighted by Crippen LogP contribution is -2.30. The van der Waals surface area contributed by atoms with Gasteiger partial charge in [0, 0.05) is 25.7 Å². The molecule has 0 aromatic carbocycles. The Bertz CT molecular complexity index is 1620. The Morgan fingerprint density at radius 1 is 0.358 bits per heavy atom. The second kappa shape index (κ2) is 53.5. The van der Waals surface area contributed by atoms with E-state index in [1.54, 1.807) is 0 Å². The van der Waals surface area contributed by atoms with Gasteiger partial charge in [-0.3, -0.25) is 37.3 Å². The average molecular weight is 1200 g/mol. The fourth-order valence-electron chi connectivity index (χ4n) is 9.09. The SMILES string of the molecule is CCCCCCCCCCC(=O)OC[C@H](COP(=O)(O)OC[C@H](O)COP(=O)(O)OC[C@@H](COC(=O)CCCCCCCCCC(C)C)OC(=O)CCCCCCCCCCCCC(C)C)OC(=O)CCCCCCCCC(C)CC. The van der Waals surface area contributed by atoms with Gasteiger partial charge in [0.05, 0.1) is 26.4 Å². The Labute approximate surface area is 492 Å². The van der Waals surface area contributed by atoms with Crippen molar-refractivity contribution in [2.24, 2.45) is 17.8 Å². The van der Waals surface area contributed by atoms with Crippen LogP contribution >= 0.6 is 15.6 Å². The van der Waals surface area contributed by atoms with Crippen LogP contribution in [-0.4, -0.2) is 96.7 Å². The summed E-state index contributed by atoms with van der Waals surface area (Å²) in [5.74, 6) is 0.0335. The van der Waals surface area contributed by atoms with Crippen LogP contribution in [0.5, 0.6) is 0 Å². The summed E-state index contributed by atoms with van der Waals surface area (Å²) in [6, 6.07) is 0. The van der Waals surface area contributed by atoms with Gasteiger partial charge in [-0.1, -0.05) is 248 Å². The van der Waals surface area contributed by atoms with E-state index in [2.05, 4.69) is 48.5 Å². The van der Waals surface area contributed by atoms with Crippen LogP contribution in [-0.2, 0) is 65.4 Å². The predicted octanol–water partition coefficient (Wildman–Crippen LogP) is 16.7. The minimum absolute atomic E-state index is 0.102. The lowest BCUT2D eigenvalue weighted by atomic mass is 10.00. The van der Waals surface area contributed by atoms with Crippen molar-refractivity contribution < 1.29 is 80.2 Å². The van der Waals surface area contributed by atoms with Gasteiger partial charge < -0.3 is 33.8 Å². The summed E-state index contributed by atoms with van der Waals surface area (Å²) in [5.41, 5.74) is 0. The van der Waals surface area contributed by atoms with Gasteiger partial charge >= 0.3 is 39.5 Å². The molecule has 19 heteroatoms. The maximum absolute atomic E-state index is 13.0. The zero-order chi connectivity index (χ0) is 60.3. The van der Waals surface area contributed by atoms with Crippen molar-refractivity contribution in [3.63, 3.8) is 0 Å². The number of hydrogen-bond donors (Lipinski definition) is 3. The number of ether oxygens (including phenoxy) is 4. The van der Waals surface area contributed by atoms with Gasteiger partial charge in [-0.2, -0.15) is 0 Å². The largest absolute Gasteiger partial charge is 0.472 e. The van der Waals surface area contributed by atoms with Crippen molar-refractivity contribution in [3.05, 3.63) is 0 Å². The van der Waals surface area contributed by atoms with Crippen LogP contribution in [0, 0.1) is 17.8 Å². The topological polar surface area (TPSA) is 237 Å². The number of rotatable bonds is 60. The number of hydrogen-bond acceptors (Lipinski definition) is 15. The van der Waals surface area contributed by atoms with E-state index in [1.165, 1.54) is 96.3 Å². The molecule has 3 N–H and O–H groups in total. The molecule has 0 amide bonds. The van der Waals surface area contributed by atoms with Gasteiger partial charge in [-0.25, -0.2) is 9.13 Å². The molecule has 0 heterocycles. The molecule has 0 rings (SSSR count). The van der Waals surface area contributed by atoms with Crippen molar-refractivity contribution in [3.8, 4) is 0 Å². The molecule has 0 aliphatic carbocycles. The van der Waals surface area contributed by atoms with Crippen molar-refractivity contribution in [2.75, 3.05) is 39.6 Å². The number of aliphatic hydroxyl groups excluding tert-OH is 1. The lowest BCUT2D eigenvalue weighted by molar-refractivity contribution is -0.161. The van der Waals surface area contributed by atoms with E-state index in [4.69, 9.17) is 37.0 Å². The highest BCUT2D eigenvalue weighted by molar-refractivity contribution is 7.47. The first kappa shape index (κ1) is 79.1. The highest BCUT2D eigenvalue weighted by Crippen LogP contribution is 2.45. The summed E-state index contributed by atoms with van der Waals surface area (Å²) in [6.07, 6.45) is 33.6. The normalized spacial score (nSPS) is 14.8. The molecule has 480 valence electrons. The molecule has 81 heavy (non-hydrogen) atoms. The summed E-state index contributed by atoms with van der Waals surface area (Å²) >= 11 is 0. The lowest BCUT2D eigenvalue weighted by Gasteiger charge is -2.21. The molecule has 0 aromatic heterocycles. The molecule has 0 radical (unpaired) electrons. The molecule has 17 nitrogen and oxygen atoms in total. The van der Waals surface area contributed by atoms with E-state index in [-0.39, 0.29) is 25.7 Å². The Balaban J connectivity index is 5.24.